The number of nitrogens with zero attached hydrogens (tertiary/aromatic N) is 4. The van der Waals surface area contributed by atoms with Crippen LogP contribution in [0.1, 0.15) is 12.0 Å². The van der Waals surface area contributed by atoms with Crippen molar-refractivity contribution in [1.82, 2.24) is 14.0 Å². The number of ether oxygens (including phenoxy) is 2. The first-order valence-corrected chi connectivity index (χ1v) is 10.4. The summed E-state index contributed by atoms with van der Waals surface area (Å²) in [6, 6.07) is 5.59. The van der Waals surface area contributed by atoms with Crippen LogP contribution in [-0.4, -0.2) is 69.3 Å². The summed E-state index contributed by atoms with van der Waals surface area (Å²) in [7, 11) is -1.12. The van der Waals surface area contributed by atoms with Crippen LogP contribution in [0.3, 0.4) is 0 Å². The molecule has 1 amide bonds. The van der Waals surface area contributed by atoms with E-state index in [1.54, 1.807) is 16.9 Å². The zero-order chi connectivity index (χ0) is 21.9. The lowest BCUT2D eigenvalue weighted by Gasteiger charge is -2.26. The molecule has 0 bridgehead atoms. The highest BCUT2D eigenvalue weighted by Crippen LogP contribution is 2.37. The minimum atomic E-state index is -4.15. The van der Waals surface area contributed by atoms with Gasteiger partial charge in [0.05, 0.1) is 31.0 Å². The van der Waals surface area contributed by atoms with Gasteiger partial charge in [-0.3, -0.25) is 4.98 Å². The van der Waals surface area contributed by atoms with Crippen molar-refractivity contribution < 1.29 is 27.8 Å². The molecule has 0 atom stereocenters. The number of fused-ring (bicyclic) bond motifs is 1. The summed E-state index contributed by atoms with van der Waals surface area (Å²) in [5, 5.41) is 19.1. The second kappa shape index (κ2) is 8.60. The standard InChI is InChI=1S/C18H21N5O6S/c1-28-15-8-13-14(9-16(15)29-2)20-11-12(10-19)17(13)22-4-3-5-23(7-6-22)30(26,27)21-18(24)25/h8-9,11,21H,3-7H2,1-2H3,(H,24,25). The van der Waals surface area contributed by atoms with E-state index in [4.69, 9.17) is 14.6 Å². The van der Waals surface area contributed by atoms with Crippen molar-refractivity contribution in [2.45, 2.75) is 6.42 Å². The summed E-state index contributed by atoms with van der Waals surface area (Å²) < 4.78 is 37.7. The number of methoxy groups -OCH3 is 2. The van der Waals surface area contributed by atoms with Crippen LogP contribution in [0.5, 0.6) is 11.5 Å². The first kappa shape index (κ1) is 21.4. The van der Waals surface area contributed by atoms with Crippen molar-refractivity contribution in [1.29, 1.82) is 5.26 Å². The van der Waals surface area contributed by atoms with Crippen molar-refractivity contribution in [3.8, 4) is 17.6 Å². The van der Waals surface area contributed by atoms with Crippen molar-refractivity contribution >= 4 is 32.9 Å². The predicted molar refractivity (Wildman–Crippen MR) is 108 cm³/mol. The number of nitriles is 1. The Labute approximate surface area is 173 Å². The van der Waals surface area contributed by atoms with Crippen LogP contribution in [0.15, 0.2) is 18.3 Å². The zero-order valence-corrected chi connectivity index (χ0v) is 17.3. The molecule has 2 heterocycles. The molecule has 160 valence electrons. The molecule has 1 saturated heterocycles. The third-order valence-corrected chi connectivity index (χ3v) is 6.27. The lowest BCUT2D eigenvalue weighted by atomic mass is 10.1. The van der Waals surface area contributed by atoms with Crippen LogP contribution in [0.4, 0.5) is 10.5 Å². The van der Waals surface area contributed by atoms with E-state index < -0.39 is 16.3 Å². The van der Waals surface area contributed by atoms with Gasteiger partial charge >= 0.3 is 16.3 Å². The minimum Gasteiger partial charge on any atom is -0.493 e. The predicted octanol–water partition coefficient (Wildman–Crippen LogP) is 1.15. The Morgan fingerprint density at radius 2 is 1.90 bits per heavy atom. The summed E-state index contributed by atoms with van der Waals surface area (Å²) in [6.45, 7) is 0.954. The maximum atomic E-state index is 12.2. The van der Waals surface area contributed by atoms with Crippen molar-refractivity contribution in [2.24, 2.45) is 0 Å². The Kier molecular flexibility index (Phi) is 6.14. The van der Waals surface area contributed by atoms with E-state index in [0.717, 1.165) is 4.31 Å². The molecule has 0 saturated carbocycles. The number of nitrogens with one attached hydrogen (secondary N) is 1. The van der Waals surface area contributed by atoms with E-state index in [9.17, 15) is 18.5 Å². The van der Waals surface area contributed by atoms with E-state index in [2.05, 4.69) is 11.1 Å². The third-order valence-electron chi connectivity index (χ3n) is 4.79. The summed E-state index contributed by atoms with van der Waals surface area (Å²) in [5.74, 6) is 0.980. The van der Waals surface area contributed by atoms with Crippen molar-refractivity contribution in [3.05, 3.63) is 23.9 Å². The number of anilines is 1. The monoisotopic (exact) mass is 435 g/mol. The topological polar surface area (TPSA) is 145 Å². The Morgan fingerprint density at radius 3 is 2.53 bits per heavy atom. The molecule has 0 unspecified atom stereocenters. The maximum Gasteiger partial charge on any atom is 0.419 e. The van der Waals surface area contributed by atoms with E-state index >= 15 is 0 Å². The highest BCUT2D eigenvalue weighted by Gasteiger charge is 2.28. The molecular formula is C18H21N5O6S. The molecule has 0 spiro atoms. The molecule has 1 fully saturated rings. The van der Waals surface area contributed by atoms with Crippen LogP contribution < -0.4 is 19.1 Å². The number of benzene rings is 1. The van der Waals surface area contributed by atoms with Gasteiger partial charge in [-0.25, -0.2) is 9.52 Å². The van der Waals surface area contributed by atoms with Gasteiger partial charge in [-0.05, 0) is 12.5 Å². The van der Waals surface area contributed by atoms with Gasteiger partial charge in [0.25, 0.3) is 0 Å². The number of pyridine rings is 1. The Hall–Kier alpha value is -3.30. The Balaban J connectivity index is 2.01. The highest BCUT2D eigenvalue weighted by molar-refractivity contribution is 7.87. The van der Waals surface area contributed by atoms with Gasteiger partial charge in [-0.1, -0.05) is 0 Å². The maximum absolute atomic E-state index is 12.2. The number of carbonyl (C=O) groups is 1. The van der Waals surface area contributed by atoms with Crippen molar-refractivity contribution in [2.75, 3.05) is 45.3 Å². The van der Waals surface area contributed by atoms with E-state index in [0.29, 0.717) is 46.6 Å². The minimum absolute atomic E-state index is 0.0601. The highest BCUT2D eigenvalue weighted by atomic mass is 32.2. The SMILES string of the molecule is COc1cc2ncc(C#N)c(N3CCCN(S(=O)(=O)NC(=O)O)CC3)c2cc1OC. The fraction of sp³-hybridized carbons (Fsp3) is 0.389. The number of hydrogen-bond acceptors (Lipinski definition) is 8. The van der Waals surface area contributed by atoms with Gasteiger partial charge in [0.15, 0.2) is 11.5 Å². The smallest absolute Gasteiger partial charge is 0.419 e. The fourth-order valence-electron chi connectivity index (χ4n) is 3.46. The molecule has 30 heavy (non-hydrogen) atoms. The lowest BCUT2D eigenvalue weighted by Crippen LogP contribution is -2.44. The second-order valence-electron chi connectivity index (χ2n) is 6.51. The van der Waals surface area contributed by atoms with Gasteiger partial charge in [-0.2, -0.15) is 18.0 Å². The molecule has 12 heteroatoms. The van der Waals surface area contributed by atoms with Gasteiger partial charge in [0.2, 0.25) is 0 Å². The number of amides is 1. The number of hydrogen-bond donors (Lipinski definition) is 2. The number of carboxylic acid groups (broad SMARTS) is 1. The second-order valence-corrected chi connectivity index (χ2v) is 8.18. The summed E-state index contributed by atoms with van der Waals surface area (Å²) >= 11 is 0. The van der Waals surface area contributed by atoms with Crippen LogP contribution in [0.2, 0.25) is 0 Å². The molecule has 11 nitrogen and oxygen atoms in total. The molecule has 3 rings (SSSR count). The zero-order valence-electron chi connectivity index (χ0n) is 16.5. The van der Waals surface area contributed by atoms with Gasteiger partial charge in [0.1, 0.15) is 6.07 Å². The quantitative estimate of drug-likeness (QED) is 0.706. The number of aromatic nitrogens is 1. The average molecular weight is 435 g/mol. The Bertz CT molecular complexity index is 1110. The summed E-state index contributed by atoms with van der Waals surface area (Å²) in [4.78, 5) is 17.0. The van der Waals surface area contributed by atoms with Gasteiger partial charge in [-0.15, -0.1) is 0 Å². The van der Waals surface area contributed by atoms with Crippen LogP contribution in [-0.2, 0) is 10.2 Å². The van der Waals surface area contributed by atoms with Crippen LogP contribution in [0, 0.1) is 11.3 Å². The number of rotatable bonds is 5. The molecule has 1 aliphatic rings. The van der Waals surface area contributed by atoms with Crippen LogP contribution in [0.25, 0.3) is 10.9 Å². The normalized spacial score (nSPS) is 15.3. The lowest BCUT2D eigenvalue weighted by molar-refractivity contribution is 0.200. The third kappa shape index (κ3) is 4.17. The van der Waals surface area contributed by atoms with Crippen molar-refractivity contribution in [3.63, 3.8) is 0 Å². The molecule has 2 aromatic rings. The molecule has 0 aliphatic carbocycles. The van der Waals surface area contributed by atoms with E-state index in [1.165, 1.54) is 20.4 Å². The molecule has 2 N–H and O–H groups in total. The fourth-order valence-corrected chi connectivity index (χ4v) is 4.50. The average Bonchev–Trinajstić information content (AvgIpc) is 2.97. The van der Waals surface area contributed by atoms with Crippen LogP contribution >= 0.6 is 0 Å². The first-order valence-electron chi connectivity index (χ1n) is 9.01. The molecule has 1 aliphatic heterocycles. The molecule has 0 radical (unpaired) electrons. The van der Waals surface area contributed by atoms with Gasteiger partial charge < -0.3 is 19.5 Å². The first-order chi connectivity index (χ1) is 14.3. The molecule has 1 aromatic heterocycles. The summed E-state index contributed by atoms with van der Waals surface area (Å²) in [5.41, 5.74) is 1.56. The molecule has 1 aromatic carbocycles. The van der Waals surface area contributed by atoms with E-state index in [-0.39, 0.29) is 19.6 Å². The molecular weight excluding hydrogens is 414 g/mol. The van der Waals surface area contributed by atoms with Gasteiger partial charge in [0, 0.05) is 43.8 Å². The largest absolute Gasteiger partial charge is 0.493 e. The summed E-state index contributed by atoms with van der Waals surface area (Å²) in [6.07, 6.45) is 0.279. The Morgan fingerprint density at radius 1 is 1.20 bits per heavy atom. The van der Waals surface area contributed by atoms with E-state index in [1.807, 2.05) is 4.90 Å².